The molecule has 4 aromatic rings. The lowest BCUT2D eigenvalue weighted by Crippen LogP contribution is -2.63. The number of rotatable bonds is 3. The molecule has 0 saturated carbocycles. The number of sulfonamides is 1. The molecule has 3 aliphatic rings. The third-order valence-electron chi connectivity index (χ3n) is 8.54. The molecule has 192 valence electrons. The second-order valence-corrected chi connectivity index (χ2v) is 12.9. The third-order valence-corrected chi connectivity index (χ3v) is 10.3. The summed E-state index contributed by atoms with van der Waals surface area (Å²) in [5.41, 5.74) is 8.47. The lowest BCUT2D eigenvalue weighted by molar-refractivity contribution is 0.171. The maximum Gasteiger partial charge on any atom is 0.245 e. The molecule has 0 aromatic heterocycles. The third kappa shape index (κ3) is 3.23. The summed E-state index contributed by atoms with van der Waals surface area (Å²) in [6.45, 7) is 7.91. The van der Waals surface area contributed by atoms with Crippen LogP contribution < -0.4 is 9.80 Å². The molecule has 38 heavy (non-hydrogen) atoms. The van der Waals surface area contributed by atoms with Crippen LogP contribution in [0.25, 0.3) is 0 Å². The van der Waals surface area contributed by atoms with Crippen LogP contribution in [0.2, 0.25) is 0 Å². The summed E-state index contributed by atoms with van der Waals surface area (Å²) in [7, 11) is -3.82. The molecule has 0 unspecified atom stereocenters. The van der Waals surface area contributed by atoms with E-state index in [2.05, 4.69) is 84.3 Å². The minimum Gasteiger partial charge on any atom is -0.354 e. The Morgan fingerprint density at radius 2 is 1.42 bits per heavy atom. The van der Waals surface area contributed by atoms with Crippen LogP contribution in [0.15, 0.2) is 95.9 Å². The topological polar surface area (TPSA) is 43.9 Å². The van der Waals surface area contributed by atoms with Gasteiger partial charge in [-0.1, -0.05) is 83.4 Å². The van der Waals surface area contributed by atoms with Crippen molar-refractivity contribution in [3.63, 3.8) is 0 Å². The maximum atomic E-state index is 14.5. The zero-order chi connectivity index (χ0) is 26.2. The predicted octanol–water partition coefficient (Wildman–Crippen LogP) is 6.05. The molecule has 2 bridgehead atoms. The van der Waals surface area contributed by atoms with Crippen molar-refractivity contribution in [2.24, 2.45) is 0 Å². The first-order chi connectivity index (χ1) is 18.3. The van der Waals surface area contributed by atoms with Crippen LogP contribution in [0, 0.1) is 20.8 Å². The molecule has 6 heteroatoms. The van der Waals surface area contributed by atoms with E-state index in [4.69, 9.17) is 0 Å². The summed E-state index contributed by atoms with van der Waals surface area (Å²) < 4.78 is 30.9. The maximum absolute atomic E-state index is 14.5. The van der Waals surface area contributed by atoms with Gasteiger partial charge in [-0.3, -0.25) is 0 Å². The molecule has 0 N–H and O–H groups in total. The molecule has 7 rings (SSSR count). The predicted molar refractivity (Wildman–Crippen MR) is 152 cm³/mol. The van der Waals surface area contributed by atoms with Crippen molar-refractivity contribution in [3.05, 3.63) is 124 Å². The highest BCUT2D eigenvalue weighted by atomic mass is 32.2. The summed E-state index contributed by atoms with van der Waals surface area (Å²) in [5, 5.41) is 0. The van der Waals surface area contributed by atoms with Crippen molar-refractivity contribution in [1.29, 1.82) is 0 Å². The van der Waals surface area contributed by atoms with Gasteiger partial charge in [-0.15, -0.1) is 0 Å². The number of nitrogens with zero attached hydrogens (tertiary/aromatic N) is 3. The van der Waals surface area contributed by atoms with Gasteiger partial charge in [0.15, 0.2) is 0 Å². The molecule has 5 nitrogen and oxygen atoms in total. The molecule has 1 saturated heterocycles. The molecule has 1 fully saturated rings. The van der Waals surface area contributed by atoms with E-state index in [1.807, 2.05) is 25.1 Å². The summed E-state index contributed by atoms with van der Waals surface area (Å²) in [6.07, 6.45) is 0. The van der Waals surface area contributed by atoms with E-state index < -0.39 is 15.6 Å². The van der Waals surface area contributed by atoms with E-state index in [1.165, 1.54) is 11.1 Å². The van der Waals surface area contributed by atoms with Gasteiger partial charge in [-0.2, -0.15) is 4.31 Å². The van der Waals surface area contributed by atoms with Crippen LogP contribution in [0.4, 0.5) is 11.4 Å². The highest BCUT2D eigenvalue weighted by Gasteiger charge is 2.61. The van der Waals surface area contributed by atoms with E-state index in [1.54, 1.807) is 16.4 Å². The van der Waals surface area contributed by atoms with E-state index in [9.17, 15) is 8.42 Å². The van der Waals surface area contributed by atoms with Gasteiger partial charge in [-0.25, -0.2) is 8.42 Å². The van der Waals surface area contributed by atoms with Crippen molar-refractivity contribution in [2.45, 2.75) is 43.8 Å². The fraction of sp³-hybridized carbons (Fsp3) is 0.250. The Bertz CT molecular complexity index is 1670. The standard InChI is InChI=1S/C32H31N3O2S/c1-22-9-13-27(14-10-22)38(36,37)35-21-33-20-32(26-7-5-4-6-8-26)31(35)28-18-24(3)12-16-30(28)34(32)19-25-17-23(2)11-15-29(25)33/h4-18,31H,19-21H2,1-3H3/t31-,32+/m1/s1. The summed E-state index contributed by atoms with van der Waals surface area (Å²) >= 11 is 0. The molecule has 3 heterocycles. The Kier molecular flexibility index (Phi) is 5.07. The van der Waals surface area contributed by atoms with Gasteiger partial charge >= 0.3 is 0 Å². The van der Waals surface area contributed by atoms with Crippen molar-refractivity contribution in [2.75, 3.05) is 23.0 Å². The highest BCUT2D eigenvalue weighted by molar-refractivity contribution is 7.89. The molecule has 0 spiro atoms. The van der Waals surface area contributed by atoms with Crippen molar-refractivity contribution in [3.8, 4) is 0 Å². The van der Waals surface area contributed by atoms with E-state index >= 15 is 0 Å². The molecule has 2 atom stereocenters. The van der Waals surface area contributed by atoms with Gasteiger partial charge in [0.25, 0.3) is 0 Å². The van der Waals surface area contributed by atoms with Gasteiger partial charge in [0, 0.05) is 24.5 Å². The zero-order valence-electron chi connectivity index (χ0n) is 21.9. The number of anilines is 2. The first-order valence-electron chi connectivity index (χ1n) is 13.2. The summed E-state index contributed by atoms with van der Waals surface area (Å²) in [5.74, 6) is 0. The van der Waals surface area contributed by atoms with Gasteiger partial charge < -0.3 is 9.80 Å². The van der Waals surface area contributed by atoms with Gasteiger partial charge in [0.05, 0.1) is 17.6 Å². The molecule has 0 aliphatic carbocycles. The van der Waals surface area contributed by atoms with Crippen LogP contribution in [-0.4, -0.2) is 25.9 Å². The van der Waals surface area contributed by atoms with E-state index in [0.717, 1.165) is 33.6 Å². The molecule has 3 aliphatic heterocycles. The Balaban J connectivity index is 1.55. The first-order valence-corrected chi connectivity index (χ1v) is 14.6. The second-order valence-electron chi connectivity index (χ2n) is 11.0. The number of fused-ring (bicyclic) bond motifs is 6. The quantitative estimate of drug-likeness (QED) is 0.329. The van der Waals surface area contributed by atoms with E-state index in [-0.39, 0.29) is 6.04 Å². The molecule has 0 radical (unpaired) electrons. The van der Waals surface area contributed by atoms with Crippen molar-refractivity contribution < 1.29 is 8.42 Å². The molecular weight excluding hydrogens is 490 g/mol. The fourth-order valence-corrected chi connectivity index (χ4v) is 8.42. The van der Waals surface area contributed by atoms with E-state index in [0.29, 0.717) is 24.7 Å². The molecular formula is C32H31N3O2S. The number of aryl methyl sites for hydroxylation is 3. The van der Waals surface area contributed by atoms with Gasteiger partial charge in [0.2, 0.25) is 10.0 Å². The van der Waals surface area contributed by atoms with Crippen LogP contribution in [-0.2, 0) is 22.1 Å². The van der Waals surface area contributed by atoms with Crippen LogP contribution in [0.1, 0.15) is 39.4 Å². The Hall–Kier alpha value is -3.61. The minimum atomic E-state index is -3.82. The average Bonchev–Trinajstić information content (AvgIpc) is 3.12. The average molecular weight is 522 g/mol. The lowest BCUT2D eigenvalue weighted by atomic mass is 9.79. The number of hydrogen-bond acceptors (Lipinski definition) is 4. The molecule has 4 aromatic carbocycles. The Morgan fingerprint density at radius 1 is 0.763 bits per heavy atom. The monoisotopic (exact) mass is 521 g/mol. The van der Waals surface area contributed by atoms with Crippen LogP contribution in [0.5, 0.6) is 0 Å². The number of benzene rings is 4. The summed E-state index contributed by atoms with van der Waals surface area (Å²) in [6, 6.07) is 30.5. The van der Waals surface area contributed by atoms with Crippen molar-refractivity contribution >= 4 is 21.4 Å². The molecule has 0 amide bonds. The van der Waals surface area contributed by atoms with Crippen LogP contribution in [0.3, 0.4) is 0 Å². The lowest BCUT2D eigenvalue weighted by Gasteiger charge is -2.52. The van der Waals surface area contributed by atoms with Gasteiger partial charge in [-0.05, 0) is 61.7 Å². The second kappa shape index (κ2) is 8.19. The largest absolute Gasteiger partial charge is 0.354 e. The zero-order valence-corrected chi connectivity index (χ0v) is 22.7. The number of hydrogen-bond donors (Lipinski definition) is 0. The van der Waals surface area contributed by atoms with Crippen LogP contribution >= 0.6 is 0 Å². The van der Waals surface area contributed by atoms with Gasteiger partial charge in [0.1, 0.15) is 5.54 Å². The van der Waals surface area contributed by atoms with Crippen molar-refractivity contribution in [1.82, 2.24) is 4.31 Å². The minimum absolute atomic E-state index is 0.298. The Morgan fingerprint density at radius 3 is 2.16 bits per heavy atom. The normalized spacial score (nSPS) is 22.1. The smallest absolute Gasteiger partial charge is 0.245 e. The SMILES string of the molecule is Cc1ccc(S(=O)(=O)N2CN3C[C@]4(c5ccccc5)[C@H]2c2cc(C)ccc2N4Cc2cc(C)ccc23)cc1. The highest BCUT2D eigenvalue weighted by Crippen LogP contribution is 2.60. The summed E-state index contributed by atoms with van der Waals surface area (Å²) in [4.78, 5) is 5.10. The first kappa shape index (κ1) is 23.5. The Labute approximate surface area is 225 Å². The fourth-order valence-electron chi connectivity index (χ4n) is 6.81.